The van der Waals surface area contributed by atoms with E-state index in [0.29, 0.717) is 0 Å². The Morgan fingerprint density at radius 3 is 2.38 bits per heavy atom. The molecule has 0 bridgehead atoms. The molecule has 2 aromatic rings. The van der Waals surface area contributed by atoms with Crippen LogP contribution in [0.5, 0.6) is 0 Å². The van der Waals surface area contributed by atoms with Gasteiger partial charge in [-0.2, -0.15) is 0 Å². The Labute approximate surface area is 95.0 Å². The number of hydrogen-bond acceptors (Lipinski definition) is 1. The lowest BCUT2D eigenvalue weighted by atomic mass is 10.0. The van der Waals surface area contributed by atoms with Crippen molar-refractivity contribution in [2.75, 3.05) is 0 Å². The lowest BCUT2D eigenvalue weighted by molar-refractivity contribution is 1.18. The predicted octanol–water partition coefficient (Wildman–Crippen LogP) is 2.97. The van der Waals surface area contributed by atoms with E-state index in [-0.39, 0.29) is 5.43 Å². The maximum absolute atomic E-state index is 11.4. The smallest absolute Gasteiger partial charge is 0.182 e. The number of pyridine rings is 1. The summed E-state index contributed by atoms with van der Waals surface area (Å²) in [5, 5.41) is 0. The molecule has 0 aliphatic carbocycles. The summed E-state index contributed by atoms with van der Waals surface area (Å²) in [6, 6.07) is 9.48. The number of benzene rings is 1. The van der Waals surface area contributed by atoms with Crippen LogP contribution in [0.4, 0.5) is 0 Å². The molecule has 0 saturated heterocycles. The lowest BCUT2D eigenvalue weighted by Gasteiger charge is -2.07. The van der Waals surface area contributed by atoms with Crippen LogP contribution in [0.25, 0.3) is 11.3 Å². The highest BCUT2D eigenvalue weighted by atomic mass is 16.1. The lowest BCUT2D eigenvalue weighted by Crippen LogP contribution is -2.02. The SMILES string of the molecule is Cc1ccc(-c2cc(=O)cc(C)[nH]2)c(C)c1. The normalized spacial score (nSPS) is 10.4. The van der Waals surface area contributed by atoms with Crippen LogP contribution < -0.4 is 5.43 Å². The van der Waals surface area contributed by atoms with Crippen molar-refractivity contribution in [1.29, 1.82) is 0 Å². The van der Waals surface area contributed by atoms with Crippen LogP contribution in [-0.4, -0.2) is 4.98 Å². The summed E-state index contributed by atoms with van der Waals surface area (Å²) in [6.07, 6.45) is 0. The predicted molar refractivity (Wildman–Crippen MR) is 66.7 cm³/mol. The number of aryl methyl sites for hydroxylation is 3. The number of aromatic nitrogens is 1. The van der Waals surface area contributed by atoms with Gasteiger partial charge in [-0.25, -0.2) is 0 Å². The van der Waals surface area contributed by atoms with Crippen LogP contribution in [0, 0.1) is 20.8 Å². The molecule has 0 amide bonds. The summed E-state index contributed by atoms with van der Waals surface area (Å²) in [5.41, 5.74) is 5.33. The molecule has 0 aliphatic heterocycles. The monoisotopic (exact) mass is 213 g/mol. The molecule has 0 fully saturated rings. The number of nitrogens with one attached hydrogen (secondary N) is 1. The fourth-order valence-corrected chi connectivity index (χ4v) is 1.94. The molecule has 0 spiro atoms. The minimum atomic E-state index is 0.0474. The van der Waals surface area contributed by atoms with E-state index in [2.05, 4.69) is 37.0 Å². The maximum atomic E-state index is 11.4. The van der Waals surface area contributed by atoms with E-state index in [4.69, 9.17) is 0 Å². The third-order valence-corrected chi connectivity index (χ3v) is 2.65. The number of hydrogen-bond donors (Lipinski definition) is 1. The first-order chi connectivity index (χ1) is 7.56. The first-order valence-corrected chi connectivity index (χ1v) is 5.35. The first-order valence-electron chi connectivity index (χ1n) is 5.35. The first kappa shape index (κ1) is 10.7. The van der Waals surface area contributed by atoms with Gasteiger partial charge in [0.25, 0.3) is 0 Å². The molecule has 0 aliphatic rings. The summed E-state index contributed by atoms with van der Waals surface area (Å²) in [6.45, 7) is 6.02. The van der Waals surface area contributed by atoms with E-state index in [1.807, 2.05) is 6.92 Å². The summed E-state index contributed by atoms with van der Waals surface area (Å²) >= 11 is 0. The average molecular weight is 213 g/mol. The van der Waals surface area contributed by atoms with Gasteiger partial charge in [-0.1, -0.05) is 23.8 Å². The summed E-state index contributed by atoms with van der Waals surface area (Å²) < 4.78 is 0. The van der Waals surface area contributed by atoms with Crippen molar-refractivity contribution < 1.29 is 0 Å². The van der Waals surface area contributed by atoms with Gasteiger partial charge in [0.2, 0.25) is 0 Å². The largest absolute Gasteiger partial charge is 0.358 e. The van der Waals surface area contributed by atoms with Crippen molar-refractivity contribution in [3.05, 3.63) is 57.4 Å². The second-order valence-corrected chi connectivity index (χ2v) is 4.23. The Morgan fingerprint density at radius 2 is 1.75 bits per heavy atom. The van der Waals surface area contributed by atoms with E-state index < -0.39 is 0 Å². The number of rotatable bonds is 1. The van der Waals surface area contributed by atoms with Crippen LogP contribution in [0.15, 0.2) is 35.1 Å². The van der Waals surface area contributed by atoms with Crippen LogP contribution in [0.3, 0.4) is 0 Å². The van der Waals surface area contributed by atoms with E-state index in [0.717, 1.165) is 17.0 Å². The van der Waals surface area contributed by atoms with E-state index in [1.54, 1.807) is 12.1 Å². The highest BCUT2D eigenvalue weighted by Crippen LogP contribution is 2.21. The molecule has 1 aromatic carbocycles. The standard InChI is InChI=1S/C14H15NO/c1-9-4-5-13(10(2)6-9)14-8-12(16)7-11(3)15-14/h4-8H,1-3H3,(H,15,16). The van der Waals surface area contributed by atoms with Crippen molar-refractivity contribution in [1.82, 2.24) is 4.98 Å². The third-order valence-electron chi connectivity index (χ3n) is 2.65. The molecule has 1 N–H and O–H groups in total. The van der Waals surface area contributed by atoms with Gasteiger partial charge in [-0.3, -0.25) is 4.79 Å². The molecule has 0 radical (unpaired) electrons. The van der Waals surface area contributed by atoms with Crippen LogP contribution >= 0.6 is 0 Å². The van der Waals surface area contributed by atoms with Gasteiger partial charge < -0.3 is 4.98 Å². The van der Waals surface area contributed by atoms with Gasteiger partial charge in [-0.15, -0.1) is 0 Å². The van der Waals surface area contributed by atoms with Crippen LogP contribution in [0.1, 0.15) is 16.8 Å². The number of aromatic amines is 1. The molecule has 0 atom stereocenters. The molecule has 0 saturated carbocycles. The third kappa shape index (κ3) is 2.06. The Balaban J connectivity index is 2.63. The van der Waals surface area contributed by atoms with E-state index in [9.17, 15) is 4.79 Å². The average Bonchev–Trinajstić information content (AvgIpc) is 2.15. The van der Waals surface area contributed by atoms with E-state index >= 15 is 0 Å². The van der Waals surface area contributed by atoms with E-state index in [1.165, 1.54) is 11.1 Å². The van der Waals surface area contributed by atoms with Gasteiger partial charge in [0.15, 0.2) is 5.43 Å². The Morgan fingerprint density at radius 1 is 1.00 bits per heavy atom. The minimum absolute atomic E-state index is 0.0474. The zero-order chi connectivity index (χ0) is 11.7. The summed E-state index contributed by atoms with van der Waals surface area (Å²) in [4.78, 5) is 14.7. The summed E-state index contributed by atoms with van der Waals surface area (Å²) in [7, 11) is 0. The fraction of sp³-hybridized carbons (Fsp3) is 0.214. The van der Waals surface area contributed by atoms with Crippen molar-refractivity contribution in [3.8, 4) is 11.3 Å². The van der Waals surface area contributed by atoms with Crippen LogP contribution in [0.2, 0.25) is 0 Å². The molecule has 82 valence electrons. The van der Waals surface area contributed by atoms with Gasteiger partial charge in [-0.05, 0) is 26.3 Å². The van der Waals surface area contributed by atoms with Crippen molar-refractivity contribution in [2.45, 2.75) is 20.8 Å². The Kier molecular flexibility index (Phi) is 2.65. The fourth-order valence-electron chi connectivity index (χ4n) is 1.94. The molecule has 2 rings (SSSR count). The van der Waals surface area contributed by atoms with Gasteiger partial charge >= 0.3 is 0 Å². The molecular formula is C14H15NO. The molecule has 2 heteroatoms. The second-order valence-electron chi connectivity index (χ2n) is 4.23. The minimum Gasteiger partial charge on any atom is -0.358 e. The quantitative estimate of drug-likeness (QED) is 0.776. The molecule has 16 heavy (non-hydrogen) atoms. The highest BCUT2D eigenvalue weighted by Gasteiger charge is 2.03. The molecule has 0 unspecified atom stereocenters. The Bertz CT molecular complexity index is 582. The van der Waals surface area contributed by atoms with Gasteiger partial charge in [0.1, 0.15) is 0 Å². The molecule has 1 aromatic heterocycles. The van der Waals surface area contributed by atoms with Gasteiger partial charge in [0, 0.05) is 29.1 Å². The zero-order valence-electron chi connectivity index (χ0n) is 9.79. The van der Waals surface area contributed by atoms with Crippen LogP contribution in [-0.2, 0) is 0 Å². The molecular weight excluding hydrogens is 198 g/mol. The highest BCUT2D eigenvalue weighted by molar-refractivity contribution is 5.63. The zero-order valence-corrected chi connectivity index (χ0v) is 9.79. The maximum Gasteiger partial charge on any atom is 0.182 e. The topological polar surface area (TPSA) is 32.9 Å². The Hall–Kier alpha value is -1.83. The van der Waals surface area contributed by atoms with Crippen molar-refractivity contribution in [3.63, 3.8) is 0 Å². The second kappa shape index (κ2) is 3.97. The molecule has 2 nitrogen and oxygen atoms in total. The summed E-state index contributed by atoms with van der Waals surface area (Å²) in [5.74, 6) is 0. The van der Waals surface area contributed by atoms with Gasteiger partial charge in [0.05, 0.1) is 0 Å². The number of H-pyrrole nitrogens is 1. The van der Waals surface area contributed by atoms with Crippen molar-refractivity contribution >= 4 is 0 Å². The van der Waals surface area contributed by atoms with Crippen molar-refractivity contribution in [2.24, 2.45) is 0 Å². The molecule has 1 heterocycles.